The van der Waals surface area contributed by atoms with Gasteiger partial charge in [-0.3, -0.25) is 4.90 Å². The second kappa shape index (κ2) is 8.09. The molecule has 9 atom stereocenters. The van der Waals surface area contributed by atoms with Crippen molar-refractivity contribution in [2.75, 3.05) is 7.11 Å². The van der Waals surface area contributed by atoms with E-state index in [9.17, 15) is 9.90 Å². The van der Waals surface area contributed by atoms with Crippen LogP contribution in [0.3, 0.4) is 0 Å². The van der Waals surface area contributed by atoms with E-state index in [2.05, 4.69) is 49.1 Å². The zero-order valence-electron chi connectivity index (χ0n) is 22.4. The summed E-state index contributed by atoms with van der Waals surface area (Å²) in [7, 11) is 1.58. The lowest BCUT2D eigenvalue weighted by atomic mass is 9.59. The third kappa shape index (κ3) is 3.09. The van der Waals surface area contributed by atoms with Gasteiger partial charge in [-0.2, -0.15) is 0 Å². The maximum atomic E-state index is 12.5. The first-order chi connectivity index (χ1) is 17.8. The van der Waals surface area contributed by atoms with Gasteiger partial charge in [0, 0.05) is 35.8 Å². The van der Waals surface area contributed by atoms with Gasteiger partial charge in [-0.05, 0) is 63.9 Å². The Bertz CT molecular complexity index is 1190. The minimum absolute atomic E-state index is 0.00983. The van der Waals surface area contributed by atoms with Crippen molar-refractivity contribution in [1.82, 2.24) is 4.90 Å². The van der Waals surface area contributed by atoms with Gasteiger partial charge in [-0.25, -0.2) is 4.79 Å². The zero-order chi connectivity index (χ0) is 25.7. The fraction of sp³-hybridized carbons (Fsp3) is 0.645. The summed E-state index contributed by atoms with van der Waals surface area (Å²) in [5.74, 6) is 3.41. The largest absolute Gasteiger partial charge is 0.492 e. The number of allylic oxidation sites excluding steroid dienone is 2. The highest BCUT2D eigenvalue weighted by Gasteiger charge is 2.65. The summed E-state index contributed by atoms with van der Waals surface area (Å²) in [6.07, 6.45) is 19.0. The Kier molecular flexibility index (Phi) is 5.20. The normalized spacial score (nSPS) is 48.3. The minimum Gasteiger partial charge on any atom is -0.492 e. The van der Waals surface area contributed by atoms with Crippen LogP contribution in [-0.4, -0.2) is 46.3 Å². The molecule has 0 aromatic heterocycles. The van der Waals surface area contributed by atoms with Crippen LogP contribution in [0.4, 0.5) is 0 Å². The minimum atomic E-state index is -0.707. The van der Waals surface area contributed by atoms with Gasteiger partial charge < -0.3 is 19.3 Å². The number of piperidine rings is 2. The Hall–Kier alpha value is -2.31. The number of cyclic esters (lactones) is 1. The summed E-state index contributed by atoms with van der Waals surface area (Å²) in [6.45, 7) is 6.25. The average molecular weight is 506 g/mol. The van der Waals surface area contributed by atoms with E-state index < -0.39 is 5.60 Å². The molecule has 6 heterocycles. The third-order valence-corrected chi connectivity index (χ3v) is 10.7. The number of hydrogen-bond donors (Lipinski definition) is 1. The molecule has 3 fully saturated rings. The van der Waals surface area contributed by atoms with Gasteiger partial charge in [0.2, 0.25) is 5.76 Å². The molecular formula is C31H39NO5. The van der Waals surface area contributed by atoms with E-state index in [1.807, 2.05) is 0 Å². The maximum Gasteiger partial charge on any atom is 0.343 e. The highest BCUT2D eigenvalue weighted by molar-refractivity contribution is 5.93. The molecule has 198 valence electrons. The molecule has 1 spiro atoms. The Labute approximate surface area is 219 Å². The first-order valence-corrected chi connectivity index (χ1v) is 14.3. The number of carbonyl (C=O) groups is 1. The summed E-state index contributed by atoms with van der Waals surface area (Å²) < 4.78 is 17.9. The number of nitrogens with zero attached hydrogens (tertiary/aromatic N) is 1. The lowest BCUT2D eigenvalue weighted by molar-refractivity contribution is -0.185. The molecule has 3 saturated heterocycles. The molecule has 8 rings (SSSR count). The average Bonchev–Trinajstić information content (AvgIpc) is 3.26. The van der Waals surface area contributed by atoms with Gasteiger partial charge in [0.15, 0.2) is 11.5 Å². The van der Waals surface area contributed by atoms with Gasteiger partial charge >= 0.3 is 5.97 Å². The van der Waals surface area contributed by atoms with Gasteiger partial charge in [0.25, 0.3) is 0 Å². The number of methoxy groups -OCH3 is 1. The van der Waals surface area contributed by atoms with Crippen LogP contribution < -0.4 is 0 Å². The second-order valence-electron chi connectivity index (χ2n) is 12.6. The first-order valence-electron chi connectivity index (χ1n) is 14.3. The van der Waals surface area contributed by atoms with Crippen molar-refractivity contribution in [2.24, 2.45) is 29.6 Å². The van der Waals surface area contributed by atoms with Gasteiger partial charge in [-0.15, -0.1) is 0 Å². The number of esters is 1. The number of rotatable bonds is 2. The molecule has 0 aromatic rings. The molecule has 6 nitrogen and oxygen atoms in total. The Morgan fingerprint density at radius 2 is 2.00 bits per heavy atom. The molecule has 9 unspecified atom stereocenters. The number of hydrogen-bond acceptors (Lipinski definition) is 6. The molecule has 6 aliphatic heterocycles. The van der Waals surface area contributed by atoms with Crippen molar-refractivity contribution in [3.63, 3.8) is 0 Å². The highest BCUT2D eigenvalue weighted by atomic mass is 16.6. The van der Waals surface area contributed by atoms with Crippen molar-refractivity contribution in [2.45, 2.75) is 88.9 Å². The van der Waals surface area contributed by atoms with E-state index in [4.69, 9.17) is 14.2 Å². The highest BCUT2D eigenvalue weighted by Crippen LogP contribution is 2.61. The van der Waals surface area contributed by atoms with Gasteiger partial charge in [-0.1, -0.05) is 38.2 Å². The maximum absolute atomic E-state index is 12.5. The second-order valence-corrected chi connectivity index (χ2v) is 12.6. The molecule has 0 saturated carbocycles. The molecular weight excluding hydrogens is 466 g/mol. The number of carbonyl (C=O) groups excluding carboxylic acids is 1. The Morgan fingerprint density at radius 3 is 2.78 bits per heavy atom. The molecule has 0 radical (unpaired) electrons. The van der Waals surface area contributed by atoms with E-state index in [1.165, 1.54) is 0 Å². The summed E-state index contributed by atoms with van der Waals surface area (Å²) in [5.41, 5.74) is -0.446. The van der Waals surface area contributed by atoms with Gasteiger partial charge in [0.1, 0.15) is 5.76 Å². The third-order valence-electron chi connectivity index (χ3n) is 10.7. The predicted octanol–water partition coefficient (Wildman–Crippen LogP) is 5.13. The number of aliphatic hydroxyl groups is 1. The van der Waals surface area contributed by atoms with Crippen molar-refractivity contribution in [1.29, 1.82) is 0 Å². The lowest BCUT2D eigenvalue weighted by Gasteiger charge is -2.65. The molecule has 0 aromatic carbocycles. The van der Waals surface area contributed by atoms with Crippen LogP contribution in [-0.2, 0) is 19.0 Å². The topological polar surface area (TPSA) is 68.2 Å². The lowest BCUT2D eigenvalue weighted by Crippen LogP contribution is -2.74. The molecule has 8 aliphatic rings. The standard InChI is InChI=1S/C31H39NO5/c1-17-7-5-8-21(15-17)31(34)14-11-22-20-10-13-30(12-6-9-24(31)32(22)30)25-18(2)27(36-23(25)16-20)28-26(35-4)19(3)29(33)37-28/h5,8,10,13,16-18,20-22,24-25,34H,6-7,9,11-12,14-15H2,1-4H3. The summed E-state index contributed by atoms with van der Waals surface area (Å²) in [6, 6.07) is 0.511. The van der Waals surface area contributed by atoms with Crippen molar-refractivity contribution >= 4 is 5.97 Å². The van der Waals surface area contributed by atoms with Crippen LogP contribution in [0.1, 0.15) is 65.7 Å². The van der Waals surface area contributed by atoms with Crippen molar-refractivity contribution < 1.29 is 24.1 Å². The molecule has 1 N–H and O–H groups in total. The van der Waals surface area contributed by atoms with Crippen LogP contribution >= 0.6 is 0 Å². The molecule has 6 heteroatoms. The summed E-state index contributed by atoms with van der Waals surface area (Å²) >= 11 is 0. The van der Waals surface area contributed by atoms with Crippen LogP contribution in [0.25, 0.3) is 0 Å². The van der Waals surface area contributed by atoms with Crippen LogP contribution in [0.2, 0.25) is 0 Å². The van der Waals surface area contributed by atoms with Crippen LogP contribution in [0, 0.1) is 29.6 Å². The predicted molar refractivity (Wildman–Crippen MR) is 138 cm³/mol. The molecule has 2 bridgehead atoms. The number of ether oxygens (including phenoxy) is 3. The van der Waals surface area contributed by atoms with E-state index in [-0.39, 0.29) is 41.2 Å². The quantitative estimate of drug-likeness (QED) is 0.415. The van der Waals surface area contributed by atoms with Gasteiger partial charge in [0.05, 0.1) is 23.8 Å². The summed E-state index contributed by atoms with van der Waals surface area (Å²) in [4.78, 5) is 15.1. The molecule has 2 aliphatic carbocycles. The SMILES string of the molecule is COC1=C(C)C(=O)OC1=C1OC2=CC3C=CC4(CCCC5N4C3CCC5(O)C3C=CCC(C)C3)C2C1C. The van der Waals surface area contributed by atoms with E-state index in [1.54, 1.807) is 14.0 Å². The molecule has 0 amide bonds. The monoisotopic (exact) mass is 505 g/mol. The van der Waals surface area contributed by atoms with E-state index >= 15 is 0 Å². The smallest absolute Gasteiger partial charge is 0.343 e. The fourth-order valence-electron chi connectivity index (χ4n) is 9.11. The van der Waals surface area contributed by atoms with Crippen molar-refractivity contribution in [3.05, 3.63) is 59.0 Å². The Morgan fingerprint density at radius 1 is 1.16 bits per heavy atom. The zero-order valence-corrected chi connectivity index (χ0v) is 22.4. The Balaban J connectivity index is 1.32. The molecule has 37 heavy (non-hydrogen) atoms. The van der Waals surface area contributed by atoms with Crippen LogP contribution in [0.5, 0.6) is 0 Å². The van der Waals surface area contributed by atoms with Crippen molar-refractivity contribution in [3.8, 4) is 0 Å². The van der Waals surface area contributed by atoms with E-state index in [0.29, 0.717) is 34.8 Å². The fourth-order valence-corrected chi connectivity index (χ4v) is 9.11. The summed E-state index contributed by atoms with van der Waals surface area (Å²) in [5, 5.41) is 12.5. The first kappa shape index (κ1) is 23.8. The van der Waals surface area contributed by atoms with Crippen LogP contribution in [0.15, 0.2) is 59.0 Å². The van der Waals surface area contributed by atoms with E-state index in [0.717, 1.165) is 50.7 Å².